The molecule has 0 saturated carbocycles. The summed E-state index contributed by atoms with van der Waals surface area (Å²) < 4.78 is 6.71. The Labute approximate surface area is 151 Å². The highest BCUT2D eigenvalue weighted by molar-refractivity contribution is 6.29. The third-order valence-corrected chi connectivity index (χ3v) is 4.14. The van der Waals surface area contributed by atoms with E-state index in [9.17, 15) is 0 Å². The first-order chi connectivity index (χ1) is 12.0. The Kier molecular flexibility index (Phi) is 4.77. The van der Waals surface area contributed by atoms with Crippen molar-refractivity contribution >= 4 is 28.8 Å². The van der Waals surface area contributed by atoms with Crippen LogP contribution in [0.25, 0.3) is 10.5 Å². The fraction of sp³-hybridized carbons (Fsp3) is 0.278. The number of benzene rings is 1. The molecule has 0 atom stereocenters. The third-order valence-electron chi connectivity index (χ3n) is 3.96. The second-order valence-corrected chi connectivity index (χ2v) is 6.27. The van der Waals surface area contributed by atoms with Crippen LogP contribution < -0.4 is 9.64 Å². The fourth-order valence-electron chi connectivity index (χ4n) is 2.67. The highest BCUT2D eigenvalue weighted by Gasteiger charge is 2.21. The van der Waals surface area contributed by atoms with E-state index in [-0.39, 0.29) is 6.04 Å². The zero-order chi connectivity index (χ0) is 18.0. The smallest absolute Gasteiger partial charge is 0.275 e. The number of imidazole rings is 1. The molecule has 0 bridgehead atoms. The van der Waals surface area contributed by atoms with Gasteiger partial charge in [0.1, 0.15) is 11.4 Å². The molecule has 0 aliphatic rings. The van der Waals surface area contributed by atoms with Crippen molar-refractivity contribution in [2.75, 3.05) is 12.0 Å². The summed E-state index contributed by atoms with van der Waals surface area (Å²) in [5.41, 5.74) is 2.61. The van der Waals surface area contributed by atoms with Crippen molar-refractivity contribution in [3.63, 3.8) is 0 Å². The van der Waals surface area contributed by atoms with Crippen molar-refractivity contribution < 1.29 is 4.74 Å². The second kappa shape index (κ2) is 6.99. The first-order valence-electron chi connectivity index (χ1n) is 7.84. The Morgan fingerprint density at radius 3 is 2.64 bits per heavy atom. The number of ether oxygens (including phenoxy) is 1. The van der Waals surface area contributed by atoms with Gasteiger partial charge in [-0.3, -0.25) is 0 Å². The zero-order valence-corrected chi connectivity index (χ0v) is 15.0. The highest BCUT2D eigenvalue weighted by atomic mass is 35.5. The van der Waals surface area contributed by atoms with Gasteiger partial charge < -0.3 is 14.5 Å². The van der Waals surface area contributed by atoms with E-state index in [1.165, 1.54) is 10.7 Å². The van der Waals surface area contributed by atoms with Crippen molar-refractivity contribution in [2.24, 2.45) is 0 Å². The predicted octanol–water partition coefficient (Wildman–Crippen LogP) is 4.36. The average Bonchev–Trinajstić information content (AvgIpc) is 3.02. The topological polar surface area (TPSA) is 47.0 Å². The van der Waals surface area contributed by atoms with E-state index in [1.807, 2.05) is 24.3 Å². The minimum Gasteiger partial charge on any atom is -0.497 e. The summed E-state index contributed by atoms with van der Waals surface area (Å²) in [5, 5.41) is 4.53. The molecule has 0 aliphatic carbocycles. The lowest BCUT2D eigenvalue weighted by molar-refractivity contribution is 0.414. The van der Waals surface area contributed by atoms with Gasteiger partial charge in [0.25, 0.3) is 11.5 Å². The number of anilines is 1. The molecule has 0 spiro atoms. The van der Waals surface area contributed by atoms with Crippen LogP contribution in [0.5, 0.6) is 5.75 Å². The Morgan fingerprint density at radius 1 is 1.32 bits per heavy atom. The van der Waals surface area contributed by atoms with Gasteiger partial charge in [-0.25, -0.2) is 4.98 Å². The van der Waals surface area contributed by atoms with E-state index in [4.69, 9.17) is 22.9 Å². The average molecular weight is 356 g/mol. The summed E-state index contributed by atoms with van der Waals surface area (Å²) in [6.45, 7) is 12.1. The van der Waals surface area contributed by atoms with Gasteiger partial charge in [0.05, 0.1) is 13.3 Å². The maximum absolute atomic E-state index is 7.25. The first-order valence-corrected chi connectivity index (χ1v) is 8.22. The van der Waals surface area contributed by atoms with Gasteiger partial charge in [0, 0.05) is 18.7 Å². The van der Waals surface area contributed by atoms with E-state index in [0.29, 0.717) is 23.2 Å². The molecule has 3 aromatic rings. The van der Waals surface area contributed by atoms with E-state index in [1.54, 1.807) is 13.2 Å². The lowest BCUT2D eigenvalue weighted by Crippen LogP contribution is -2.30. The number of hydrogen-bond acceptors (Lipinski definition) is 4. The summed E-state index contributed by atoms with van der Waals surface area (Å²) in [6.07, 6.45) is 1.51. The van der Waals surface area contributed by atoms with E-state index < -0.39 is 0 Å². The fourth-order valence-corrected chi connectivity index (χ4v) is 2.85. The molecule has 0 fully saturated rings. The molecule has 0 unspecified atom stereocenters. The Morgan fingerprint density at radius 2 is 2.04 bits per heavy atom. The van der Waals surface area contributed by atoms with Crippen LogP contribution in [0.3, 0.4) is 0 Å². The summed E-state index contributed by atoms with van der Waals surface area (Å²) in [7, 11) is 1.65. The molecule has 128 valence electrons. The Balaban J connectivity index is 2.04. The molecule has 25 heavy (non-hydrogen) atoms. The van der Waals surface area contributed by atoms with Gasteiger partial charge >= 0.3 is 0 Å². The normalized spacial score (nSPS) is 10.9. The summed E-state index contributed by atoms with van der Waals surface area (Å²) >= 11 is 6.20. The highest BCUT2D eigenvalue weighted by Crippen LogP contribution is 2.29. The largest absolute Gasteiger partial charge is 0.497 e. The quantitative estimate of drug-likeness (QED) is 0.638. The monoisotopic (exact) mass is 355 g/mol. The van der Waals surface area contributed by atoms with Crippen LogP contribution in [0, 0.1) is 6.57 Å². The van der Waals surface area contributed by atoms with Gasteiger partial charge in [-0.2, -0.15) is 0 Å². The molecule has 0 amide bonds. The van der Waals surface area contributed by atoms with Gasteiger partial charge in [-0.1, -0.05) is 35.4 Å². The third kappa shape index (κ3) is 3.37. The maximum Gasteiger partial charge on any atom is 0.275 e. The molecule has 3 rings (SSSR count). The molecule has 0 N–H and O–H groups in total. The van der Waals surface area contributed by atoms with Crippen molar-refractivity contribution in [3.8, 4) is 5.75 Å². The van der Waals surface area contributed by atoms with Crippen molar-refractivity contribution in [1.82, 2.24) is 14.6 Å². The Bertz CT molecular complexity index is 927. The zero-order valence-electron chi connectivity index (χ0n) is 14.3. The van der Waals surface area contributed by atoms with Crippen LogP contribution in [0.15, 0.2) is 36.5 Å². The number of methoxy groups -OCH3 is 1. The predicted molar refractivity (Wildman–Crippen MR) is 98.6 cm³/mol. The molecule has 1 aromatic carbocycles. The number of fused-ring (bicyclic) bond motifs is 1. The van der Waals surface area contributed by atoms with Crippen LogP contribution in [-0.4, -0.2) is 27.7 Å². The van der Waals surface area contributed by atoms with E-state index >= 15 is 0 Å². The van der Waals surface area contributed by atoms with Gasteiger partial charge in [-0.05, 0) is 31.5 Å². The molecule has 0 saturated heterocycles. The first kappa shape index (κ1) is 17.1. The number of rotatable bonds is 5. The minimum atomic E-state index is 0.206. The van der Waals surface area contributed by atoms with Crippen LogP contribution in [-0.2, 0) is 6.54 Å². The number of aromatic nitrogens is 3. The maximum atomic E-state index is 7.25. The molecule has 7 heteroatoms. The van der Waals surface area contributed by atoms with Crippen molar-refractivity contribution in [2.45, 2.75) is 26.4 Å². The lowest BCUT2D eigenvalue weighted by atomic mass is 10.1. The minimum absolute atomic E-state index is 0.206. The molecule has 0 aliphatic heterocycles. The molecule has 2 aromatic heterocycles. The molecule has 0 radical (unpaired) electrons. The van der Waals surface area contributed by atoms with Crippen LogP contribution >= 0.6 is 11.6 Å². The molecule has 2 heterocycles. The number of nitrogens with zero attached hydrogens (tertiary/aromatic N) is 5. The van der Waals surface area contributed by atoms with E-state index in [2.05, 4.69) is 33.7 Å². The van der Waals surface area contributed by atoms with Gasteiger partial charge in [0.15, 0.2) is 5.15 Å². The summed E-state index contributed by atoms with van der Waals surface area (Å²) in [6, 6.07) is 9.94. The van der Waals surface area contributed by atoms with Gasteiger partial charge in [-0.15, -0.1) is 4.52 Å². The number of halogens is 1. The van der Waals surface area contributed by atoms with Crippen LogP contribution in [0.1, 0.15) is 19.4 Å². The lowest BCUT2D eigenvalue weighted by Gasteiger charge is -2.28. The molecular formula is C18H18ClN5O. The second-order valence-electron chi connectivity index (χ2n) is 5.89. The SMILES string of the molecule is [C-]#[N+]c1cnc2c(N(Cc3ccc(OC)cc3)C(C)C)cc(Cl)nn12. The van der Waals surface area contributed by atoms with Gasteiger partial charge in [0.2, 0.25) is 0 Å². The number of hydrogen-bond donors (Lipinski definition) is 0. The van der Waals surface area contributed by atoms with Crippen LogP contribution in [0.2, 0.25) is 5.15 Å². The van der Waals surface area contributed by atoms with Crippen molar-refractivity contribution in [3.05, 3.63) is 58.7 Å². The van der Waals surface area contributed by atoms with Crippen LogP contribution in [0.4, 0.5) is 11.5 Å². The summed E-state index contributed by atoms with van der Waals surface area (Å²) in [5.74, 6) is 1.16. The Hall–Kier alpha value is -2.78. The molecule has 6 nitrogen and oxygen atoms in total. The standard InChI is InChI=1S/C18H18ClN5O/c1-12(2)23(11-13-5-7-14(25-4)8-6-13)15-9-16(19)22-24-17(20-3)10-21-18(15)24/h5-10,12H,11H2,1-2,4H3. The van der Waals surface area contributed by atoms with Crippen molar-refractivity contribution in [1.29, 1.82) is 0 Å². The molecular weight excluding hydrogens is 338 g/mol. The van der Waals surface area contributed by atoms with E-state index in [0.717, 1.165) is 17.0 Å². The summed E-state index contributed by atoms with van der Waals surface area (Å²) in [4.78, 5) is 10.0.